The van der Waals surface area contributed by atoms with E-state index in [1.165, 1.54) is 11.1 Å². The molecule has 0 fully saturated rings. The van der Waals surface area contributed by atoms with Crippen LogP contribution in [-0.4, -0.2) is 37.1 Å². The summed E-state index contributed by atoms with van der Waals surface area (Å²) < 4.78 is 11.4. The zero-order valence-electron chi connectivity index (χ0n) is 13.5. The molecule has 2 unspecified atom stereocenters. The lowest BCUT2D eigenvalue weighted by Gasteiger charge is -2.04. The van der Waals surface area contributed by atoms with Crippen LogP contribution in [0, 0.1) is 0 Å². The van der Waals surface area contributed by atoms with E-state index in [4.69, 9.17) is 9.47 Å². The second-order valence-electron chi connectivity index (χ2n) is 6.18. The number of aliphatic imine (C=N–C) groups is 2. The summed E-state index contributed by atoms with van der Waals surface area (Å²) in [4.78, 5) is 9.29. The lowest BCUT2D eigenvalue weighted by atomic mass is 10.1. The van der Waals surface area contributed by atoms with E-state index in [0.717, 1.165) is 12.8 Å². The van der Waals surface area contributed by atoms with Crippen LogP contribution in [0.15, 0.2) is 70.6 Å². The van der Waals surface area contributed by atoms with Gasteiger partial charge in [-0.15, -0.1) is 0 Å². The van der Waals surface area contributed by atoms with Crippen LogP contribution in [0.4, 0.5) is 0 Å². The van der Waals surface area contributed by atoms with Gasteiger partial charge in [-0.2, -0.15) is 0 Å². The van der Waals surface area contributed by atoms with Crippen molar-refractivity contribution in [3.05, 3.63) is 71.8 Å². The second kappa shape index (κ2) is 6.87. The molecule has 2 atom stereocenters. The van der Waals surface area contributed by atoms with Crippen molar-refractivity contribution in [3.8, 4) is 0 Å². The number of rotatable bonds is 5. The molecule has 2 aliphatic heterocycles. The Kier molecular flexibility index (Phi) is 4.28. The Labute approximate surface area is 141 Å². The van der Waals surface area contributed by atoms with Gasteiger partial charge in [0.25, 0.3) is 11.8 Å². The van der Waals surface area contributed by atoms with Gasteiger partial charge in [-0.1, -0.05) is 60.7 Å². The monoisotopic (exact) mass is 320 g/mol. The molecular formula is C20H20N2O2. The predicted molar refractivity (Wildman–Crippen MR) is 94.6 cm³/mol. The minimum Gasteiger partial charge on any atom is -0.472 e. The molecule has 0 radical (unpaired) electrons. The SMILES string of the molecule is c1ccc(CC2COC(C3=NC(Cc4ccccc4)CO3)=N2)cc1. The Hall–Kier alpha value is -2.62. The molecule has 0 N–H and O–H groups in total. The van der Waals surface area contributed by atoms with E-state index in [9.17, 15) is 0 Å². The lowest BCUT2D eigenvalue weighted by molar-refractivity contribution is 0.293. The fourth-order valence-corrected chi connectivity index (χ4v) is 3.05. The van der Waals surface area contributed by atoms with E-state index >= 15 is 0 Å². The van der Waals surface area contributed by atoms with E-state index in [0.29, 0.717) is 25.0 Å². The highest BCUT2D eigenvalue weighted by molar-refractivity contribution is 6.36. The number of hydrogen-bond donors (Lipinski definition) is 0. The van der Waals surface area contributed by atoms with Gasteiger partial charge in [-0.05, 0) is 24.0 Å². The van der Waals surface area contributed by atoms with Crippen LogP contribution in [-0.2, 0) is 22.3 Å². The largest absolute Gasteiger partial charge is 0.472 e. The maximum Gasteiger partial charge on any atom is 0.273 e. The maximum absolute atomic E-state index is 5.71. The van der Waals surface area contributed by atoms with E-state index in [2.05, 4.69) is 34.3 Å². The highest BCUT2D eigenvalue weighted by atomic mass is 16.5. The minimum atomic E-state index is 0.141. The summed E-state index contributed by atoms with van der Waals surface area (Å²) in [7, 11) is 0. The van der Waals surface area contributed by atoms with E-state index in [1.807, 2.05) is 36.4 Å². The summed E-state index contributed by atoms with van der Waals surface area (Å²) in [5.41, 5.74) is 2.54. The Morgan fingerprint density at radius 2 is 1.08 bits per heavy atom. The molecule has 0 saturated carbocycles. The zero-order valence-corrected chi connectivity index (χ0v) is 13.5. The molecule has 0 amide bonds. The van der Waals surface area contributed by atoms with Crippen molar-refractivity contribution in [3.63, 3.8) is 0 Å². The first-order chi connectivity index (χ1) is 11.9. The van der Waals surface area contributed by atoms with Crippen LogP contribution in [0.5, 0.6) is 0 Å². The van der Waals surface area contributed by atoms with Crippen molar-refractivity contribution >= 4 is 11.8 Å². The molecule has 0 saturated heterocycles. The second-order valence-corrected chi connectivity index (χ2v) is 6.18. The van der Waals surface area contributed by atoms with E-state index < -0.39 is 0 Å². The number of hydrogen-bond acceptors (Lipinski definition) is 4. The summed E-state index contributed by atoms with van der Waals surface area (Å²) in [6.07, 6.45) is 1.76. The Balaban J connectivity index is 1.39. The van der Waals surface area contributed by atoms with Crippen molar-refractivity contribution in [2.45, 2.75) is 24.9 Å². The lowest BCUT2D eigenvalue weighted by Crippen LogP contribution is -2.14. The maximum atomic E-state index is 5.71. The van der Waals surface area contributed by atoms with Gasteiger partial charge >= 0.3 is 0 Å². The van der Waals surface area contributed by atoms with Gasteiger partial charge in [0.2, 0.25) is 0 Å². The summed E-state index contributed by atoms with van der Waals surface area (Å²) >= 11 is 0. The first kappa shape index (κ1) is 14.9. The van der Waals surface area contributed by atoms with Gasteiger partial charge in [0.15, 0.2) is 0 Å². The molecule has 4 rings (SSSR count). The number of benzene rings is 2. The standard InChI is InChI=1S/C20H20N2O2/c1-3-7-15(8-4-1)11-17-13-23-19(21-17)20-22-18(14-24-20)12-16-9-5-2-6-10-16/h1-10,17-18H,11-14H2. The van der Waals surface area contributed by atoms with Crippen LogP contribution in [0.1, 0.15) is 11.1 Å². The summed E-state index contributed by atoms with van der Waals surface area (Å²) in [5.74, 6) is 1.12. The molecule has 4 heteroatoms. The molecule has 2 aromatic rings. The fraction of sp³-hybridized carbons (Fsp3) is 0.300. The Bertz CT molecular complexity index is 675. The molecule has 122 valence electrons. The minimum absolute atomic E-state index is 0.141. The molecule has 2 aromatic carbocycles. The van der Waals surface area contributed by atoms with Gasteiger partial charge in [0.1, 0.15) is 13.2 Å². The summed E-state index contributed by atoms with van der Waals surface area (Å²) in [6.45, 7) is 1.19. The molecule has 2 heterocycles. The first-order valence-electron chi connectivity index (χ1n) is 8.36. The molecule has 4 nitrogen and oxygen atoms in total. The Morgan fingerprint density at radius 1 is 0.667 bits per heavy atom. The molecule has 2 aliphatic rings. The topological polar surface area (TPSA) is 43.2 Å². The third kappa shape index (κ3) is 3.48. The normalized spacial score (nSPS) is 22.5. The number of nitrogens with zero attached hydrogens (tertiary/aromatic N) is 2. The smallest absolute Gasteiger partial charge is 0.273 e. The van der Waals surface area contributed by atoms with E-state index in [-0.39, 0.29) is 12.1 Å². The van der Waals surface area contributed by atoms with Crippen LogP contribution in [0.3, 0.4) is 0 Å². The highest BCUT2D eigenvalue weighted by Gasteiger charge is 2.29. The fourth-order valence-electron chi connectivity index (χ4n) is 3.05. The van der Waals surface area contributed by atoms with Crippen LogP contribution >= 0.6 is 0 Å². The Morgan fingerprint density at radius 3 is 1.50 bits per heavy atom. The molecular weight excluding hydrogens is 300 g/mol. The average Bonchev–Trinajstić information content (AvgIpc) is 3.26. The van der Waals surface area contributed by atoms with Gasteiger partial charge in [0.05, 0.1) is 12.1 Å². The van der Waals surface area contributed by atoms with Crippen LogP contribution in [0.25, 0.3) is 0 Å². The van der Waals surface area contributed by atoms with Crippen molar-refractivity contribution in [2.24, 2.45) is 9.98 Å². The molecule has 0 aromatic heterocycles. The third-order valence-electron chi connectivity index (χ3n) is 4.24. The molecule has 0 bridgehead atoms. The van der Waals surface area contributed by atoms with Gasteiger partial charge in [-0.3, -0.25) is 0 Å². The molecule has 0 aliphatic carbocycles. The summed E-state index contributed by atoms with van der Waals surface area (Å²) in [6, 6.07) is 21.0. The molecule has 24 heavy (non-hydrogen) atoms. The average molecular weight is 320 g/mol. The van der Waals surface area contributed by atoms with Crippen molar-refractivity contribution < 1.29 is 9.47 Å². The highest BCUT2D eigenvalue weighted by Crippen LogP contribution is 2.17. The number of ether oxygens (including phenoxy) is 2. The van der Waals surface area contributed by atoms with Crippen molar-refractivity contribution in [1.29, 1.82) is 0 Å². The third-order valence-corrected chi connectivity index (χ3v) is 4.24. The van der Waals surface area contributed by atoms with E-state index in [1.54, 1.807) is 0 Å². The van der Waals surface area contributed by atoms with Gasteiger partial charge in [-0.25, -0.2) is 9.98 Å². The van der Waals surface area contributed by atoms with Gasteiger partial charge in [0, 0.05) is 0 Å². The van der Waals surface area contributed by atoms with Crippen molar-refractivity contribution in [1.82, 2.24) is 0 Å². The summed E-state index contributed by atoms with van der Waals surface area (Å²) in [5, 5.41) is 0. The van der Waals surface area contributed by atoms with Crippen LogP contribution < -0.4 is 0 Å². The zero-order chi connectivity index (χ0) is 16.2. The van der Waals surface area contributed by atoms with Gasteiger partial charge < -0.3 is 9.47 Å². The van der Waals surface area contributed by atoms with Crippen molar-refractivity contribution in [2.75, 3.05) is 13.2 Å². The molecule has 0 spiro atoms. The quantitative estimate of drug-likeness (QED) is 0.850. The first-order valence-corrected chi connectivity index (χ1v) is 8.36. The predicted octanol–water partition coefficient (Wildman–Crippen LogP) is 3.07. The van der Waals surface area contributed by atoms with Crippen LogP contribution in [0.2, 0.25) is 0 Å².